The Balaban J connectivity index is 2.21. The maximum Gasteiger partial charge on any atom is 0.0208 e. The van der Waals surface area contributed by atoms with E-state index >= 15 is 0 Å². The number of fused-ring (bicyclic) bond motifs is 1. The third-order valence-corrected chi connectivity index (χ3v) is 3.04. The van der Waals surface area contributed by atoms with E-state index in [1.54, 1.807) is 11.1 Å². The SMILES string of the molecule is CCCCc1cccc2c1CCNC2. The maximum atomic E-state index is 3.42. The number of hydrogen-bond donors (Lipinski definition) is 1. The Labute approximate surface area is 86.5 Å². The molecule has 0 fully saturated rings. The quantitative estimate of drug-likeness (QED) is 0.771. The van der Waals surface area contributed by atoms with Crippen LogP contribution in [0.3, 0.4) is 0 Å². The van der Waals surface area contributed by atoms with Crippen LogP contribution in [0.25, 0.3) is 0 Å². The first-order valence-electron chi connectivity index (χ1n) is 5.72. The Morgan fingerprint density at radius 3 is 3.14 bits per heavy atom. The van der Waals surface area contributed by atoms with E-state index in [2.05, 4.69) is 30.4 Å². The molecule has 1 heteroatoms. The van der Waals surface area contributed by atoms with Gasteiger partial charge in [-0.05, 0) is 42.5 Å². The van der Waals surface area contributed by atoms with Crippen LogP contribution in [-0.2, 0) is 19.4 Å². The molecule has 0 aliphatic carbocycles. The predicted molar refractivity (Wildman–Crippen MR) is 60.5 cm³/mol. The van der Waals surface area contributed by atoms with Gasteiger partial charge >= 0.3 is 0 Å². The summed E-state index contributed by atoms with van der Waals surface area (Å²) in [6, 6.07) is 6.77. The standard InChI is InChI=1S/C13H19N/c1-2-3-5-11-6-4-7-12-10-14-9-8-13(11)12/h4,6-7,14H,2-3,5,8-10H2,1H3. The highest BCUT2D eigenvalue weighted by Crippen LogP contribution is 2.20. The number of rotatable bonds is 3. The second-order valence-corrected chi connectivity index (χ2v) is 4.09. The van der Waals surface area contributed by atoms with E-state index in [0.29, 0.717) is 0 Å². The first-order valence-corrected chi connectivity index (χ1v) is 5.72. The normalized spacial score (nSPS) is 15.2. The van der Waals surface area contributed by atoms with Gasteiger partial charge < -0.3 is 5.32 Å². The lowest BCUT2D eigenvalue weighted by molar-refractivity contribution is 0.635. The van der Waals surface area contributed by atoms with Crippen LogP contribution < -0.4 is 5.32 Å². The van der Waals surface area contributed by atoms with Gasteiger partial charge in [0, 0.05) is 6.54 Å². The Kier molecular flexibility index (Phi) is 3.20. The van der Waals surface area contributed by atoms with E-state index < -0.39 is 0 Å². The molecule has 0 atom stereocenters. The predicted octanol–water partition coefficient (Wildman–Crippen LogP) is 2.67. The van der Waals surface area contributed by atoms with Crippen molar-refractivity contribution < 1.29 is 0 Å². The van der Waals surface area contributed by atoms with Crippen LogP contribution in [-0.4, -0.2) is 6.54 Å². The van der Waals surface area contributed by atoms with E-state index in [4.69, 9.17) is 0 Å². The summed E-state index contributed by atoms with van der Waals surface area (Å²) in [5, 5.41) is 3.42. The van der Waals surface area contributed by atoms with Crippen LogP contribution in [0, 0.1) is 0 Å². The van der Waals surface area contributed by atoms with Gasteiger partial charge in [-0.1, -0.05) is 31.5 Å². The zero-order chi connectivity index (χ0) is 9.80. The zero-order valence-corrected chi connectivity index (χ0v) is 8.97. The van der Waals surface area contributed by atoms with Crippen molar-refractivity contribution in [3.63, 3.8) is 0 Å². The van der Waals surface area contributed by atoms with Gasteiger partial charge in [-0.25, -0.2) is 0 Å². The molecule has 0 amide bonds. The zero-order valence-electron chi connectivity index (χ0n) is 8.97. The number of nitrogens with one attached hydrogen (secondary N) is 1. The van der Waals surface area contributed by atoms with Crippen molar-refractivity contribution in [1.29, 1.82) is 0 Å². The molecule has 1 heterocycles. The minimum absolute atomic E-state index is 1.06. The molecule has 0 spiro atoms. The highest BCUT2D eigenvalue weighted by Gasteiger charge is 2.11. The fourth-order valence-electron chi connectivity index (χ4n) is 2.21. The fourth-order valence-corrected chi connectivity index (χ4v) is 2.21. The van der Waals surface area contributed by atoms with E-state index in [9.17, 15) is 0 Å². The van der Waals surface area contributed by atoms with Crippen molar-refractivity contribution >= 4 is 0 Å². The maximum absolute atomic E-state index is 3.42. The van der Waals surface area contributed by atoms with E-state index in [-0.39, 0.29) is 0 Å². The molecule has 1 aromatic rings. The van der Waals surface area contributed by atoms with Crippen molar-refractivity contribution in [3.05, 3.63) is 34.9 Å². The van der Waals surface area contributed by atoms with Gasteiger partial charge in [0.25, 0.3) is 0 Å². The first kappa shape index (κ1) is 9.72. The van der Waals surface area contributed by atoms with E-state index in [1.807, 2.05) is 0 Å². The smallest absolute Gasteiger partial charge is 0.0208 e. The minimum atomic E-state index is 1.06. The Morgan fingerprint density at radius 1 is 1.36 bits per heavy atom. The summed E-state index contributed by atoms with van der Waals surface area (Å²) in [5.74, 6) is 0. The molecule has 0 unspecified atom stereocenters. The lowest BCUT2D eigenvalue weighted by Crippen LogP contribution is -2.24. The summed E-state index contributed by atoms with van der Waals surface area (Å²) in [4.78, 5) is 0. The lowest BCUT2D eigenvalue weighted by Gasteiger charge is -2.20. The van der Waals surface area contributed by atoms with Gasteiger partial charge in [-0.3, -0.25) is 0 Å². The van der Waals surface area contributed by atoms with Crippen molar-refractivity contribution in [2.24, 2.45) is 0 Å². The topological polar surface area (TPSA) is 12.0 Å². The summed E-state index contributed by atoms with van der Waals surface area (Å²) >= 11 is 0. The van der Waals surface area contributed by atoms with Crippen LogP contribution in [0.15, 0.2) is 18.2 Å². The summed E-state index contributed by atoms with van der Waals surface area (Å²) < 4.78 is 0. The Morgan fingerprint density at radius 2 is 2.29 bits per heavy atom. The summed E-state index contributed by atoms with van der Waals surface area (Å²) in [6.07, 6.45) is 5.10. The molecular formula is C13H19N. The van der Waals surface area contributed by atoms with Gasteiger partial charge in [0.1, 0.15) is 0 Å². The highest BCUT2D eigenvalue weighted by atomic mass is 14.9. The number of hydrogen-bond acceptors (Lipinski definition) is 1. The second-order valence-electron chi connectivity index (χ2n) is 4.09. The van der Waals surface area contributed by atoms with Crippen molar-refractivity contribution in [2.75, 3.05) is 6.54 Å². The summed E-state index contributed by atoms with van der Waals surface area (Å²) in [6.45, 7) is 4.47. The average Bonchev–Trinajstić information content (AvgIpc) is 2.26. The third-order valence-electron chi connectivity index (χ3n) is 3.04. The van der Waals surface area contributed by atoms with Crippen LogP contribution in [0.5, 0.6) is 0 Å². The van der Waals surface area contributed by atoms with Gasteiger partial charge in [0.2, 0.25) is 0 Å². The van der Waals surface area contributed by atoms with Crippen LogP contribution >= 0.6 is 0 Å². The Hall–Kier alpha value is -0.820. The molecule has 76 valence electrons. The molecule has 1 aliphatic heterocycles. The summed E-state index contributed by atoms with van der Waals surface area (Å²) in [5.41, 5.74) is 4.73. The molecule has 1 aliphatic rings. The highest BCUT2D eigenvalue weighted by molar-refractivity contribution is 5.37. The molecular weight excluding hydrogens is 170 g/mol. The molecule has 0 radical (unpaired) electrons. The molecule has 14 heavy (non-hydrogen) atoms. The molecule has 0 saturated carbocycles. The molecule has 0 saturated heterocycles. The molecule has 0 aromatic heterocycles. The lowest BCUT2D eigenvalue weighted by atomic mass is 9.93. The molecule has 1 nitrogen and oxygen atoms in total. The van der Waals surface area contributed by atoms with Crippen LogP contribution in [0.4, 0.5) is 0 Å². The van der Waals surface area contributed by atoms with Gasteiger partial charge in [-0.2, -0.15) is 0 Å². The van der Waals surface area contributed by atoms with Crippen LogP contribution in [0.2, 0.25) is 0 Å². The first-order chi connectivity index (χ1) is 6.92. The summed E-state index contributed by atoms with van der Waals surface area (Å²) in [7, 11) is 0. The van der Waals surface area contributed by atoms with Crippen molar-refractivity contribution in [3.8, 4) is 0 Å². The van der Waals surface area contributed by atoms with E-state index in [1.165, 1.54) is 31.2 Å². The van der Waals surface area contributed by atoms with Crippen molar-refractivity contribution in [1.82, 2.24) is 5.32 Å². The van der Waals surface area contributed by atoms with Gasteiger partial charge in [0.15, 0.2) is 0 Å². The van der Waals surface area contributed by atoms with Crippen LogP contribution in [0.1, 0.15) is 36.5 Å². The van der Waals surface area contributed by atoms with E-state index in [0.717, 1.165) is 13.1 Å². The Bertz CT molecular complexity index is 304. The minimum Gasteiger partial charge on any atom is -0.312 e. The molecule has 1 N–H and O–H groups in total. The third kappa shape index (κ3) is 1.98. The molecule has 2 rings (SSSR count). The monoisotopic (exact) mass is 189 g/mol. The van der Waals surface area contributed by atoms with Gasteiger partial charge in [0.05, 0.1) is 0 Å². The average molecular weight is 189 g/mol. The second kappa shape index (κ2) is 4.61. The number of aryl methyl sites for hydroxylation is 1. The molecule has 1 aromatic carbocycles. The number of benzene rings is 1. The van der Waals surface area contributed by atoms with Crippen molar-refractivity contribution in [2.45, 2.75) is 39.2 Å². The number of unbranched alkanes of at least 4 members (excludes halogenated alkanes) is 1. The van der Waals surface area contributed by atoms with Gasteiger partial charge in [-0.15, -0.1) is 0 Å². The molecule has 0 bridgehead atoms. The largest absolute Gasteiger partial charge is 0.312 e. The fraction of sp³-hybridized carbons (Fsp3) is 0.538.